The number of hydrogen-bond donors (Lipinski definition) is 2. The van der Waals surface area contributed by atoms with E-state index in [1.807, 2.05) is 41.9 Å². The van der Waals surface area contributed by atoms with E-state index in [0.29, 0.717) is 12.0 Å². The van der Waals surface area contributed by atoms with E-state index in [4.69, 9.17) is 0 Å². The molecule has 1 aliphatic rings. The van der Waals surface area contributed by atoms with E-state index in [1.54, 1.807) is 12.3 Å². The lowest BCUT2D eigenvalue weighted by atomic mass is 10.1. The molecule has 4 rings (SSSR count). The molecule has 1 fully saturated rings. The van der Waals surface area contributed by atoms with Crippen molar-refractivity contribution in [1.82, 2.24) is 15.4 Å². The minimum absolute atomic E-state index is 0.000146. The summed E-state index contributed by atoms with van der Waals surface area (Å²) in [4.78, 5) is 24.7. The average molecular weight is 351 g/mol. The van der Waals surface area contributed by atoms with Crippen LogP contribution in [0.15, 0.2) is 54.7 Å². The number of hydrogen-bond acceptors (Lipinski definition) is 2. The summed E-state index contributed by atoms with van der Waals surface area (Å²) in [5.74, 6) is -1.17. The Labute approximate surface area is 149 Å². The average Bonchev–Trinajstić information content (AvgIpc) is 3.38. The van der Waals surface area contributed by atoms with Gasteiger partial charge in [-0.2, -0.15) is 0 Å². The molecule has 1 aliphatic carbocycles. The third-order valence-electron chi connectivity index (χ3n) is 4.84. The molecule has 2 N–H and O–H groups in total. The summed E-state index contributed by atoms with van der Waals surface area (Å²) in [6, 6.07) is 13.9. The summed E-state index contributed by atoms with van der Waals surface area (Å²) >= 11 is 0. The van der Waals surface area contributed by atoms with E-state index in [0.717, 1.165) is 16.5 Å². The van der Waals surface area contributed by atoms with E-state index < -0.39 is 0 Å². The van der Waals surface area contributed by atoms with Gasteiger partial charge in [-0.15, -0.1) is 0 Å². The molecule has 1 aromatic heterocycles. The van der Waals surface area contributed by atoms with Crippen molar-refractivity contribution in [2.24, 2.45) is 13.0 Å². The van der Waals surface area contributed by atoms with Gasteiger partial charge in [0.05, 0.1) is 5.56 Å². The highest BCUT2D eigenvalue weighted by molar-refractivity contribution is 6.07. The van der Waals surface area contributed by atoms with Gasteiger partial charge in [-0.1, -0.05) is 30.3 Å². The van der Waals surface area contributed by atoms with E-state index >= 15 is 0 Å². The molecule has 0 saturated heterocycles. The second kappa shape index (κ2) is 6.29. The lowest BCUT2D eigenvalue weighted by Gasteiger charge is -2.07. The summed E-state index contributed by atoms with van der Waals surface area (Å²) in [7, 11) is 1.87. The van der Waals surface area contributed by atoms with Crippen molar-refractivity contribution in [3.63, 3.8) is 0 Å². The Bertz CT molecular complexity index is 1010. The summed E-state index contributed by atoms with van der Waals surface area (Å²) in [6.07, 6.45) is 2.39. The van der Waals surface area contributed by atoms with Crippen molar-refractivity contribution < 1.29 is 14.0 Å². The number of aryl methyl sites for hydroxylation is 1. The number of aromatic nitrogens is 1. The van der Waals surface area contributed by atoms with Crippen LogP contribution in [0.2, 0.25) is 0 Å². The second-order valence-corrected chi connectivity index (χ2v) is 6.62. The van der Waals surface area contributed by atoms with Crippen LogP contribution in [0.25, 0.3) is 10.9 Å². The maximum atomic E-state index is 13.3. The van der Waals surface area contributed by atoms with Crippen LogP contribution in [0.4, 0.5) is 4.39 Å². The van der Waals surface area contributed by atoms with E-state index in [2.05, 4.69) is 10.9 Å². The van der Waals surface area contributed by atoms with Crippen molar-refractivity contribution in [2.45, 2.75) is 12.3 Å². The van der Waals surface area contributed by atoms with Gasteiger partial charge in [0.25, 0.3) is 5.91 Å². The predicted molar refractivity (Wildman–Crippen MR) is 95.8 cm³/mol. The van der Waals surface area contributed by atoms with E-state index in [1.165, 1.54) is 12.1 Å². The number of nitrogens with zero attached hydrogens (tertiary/aromatic N) is 1. The highest BCUT2D eigenvalue weighted by Gasteiger charge is 2.44. The van der Waals surface area contributed by atoms with Gasteiger partial charge in [0.15, 0.2) is 0 Å². The van der Waals surface area contributed by atoms with Crippen molar-refractivity contribution in [1.29, 1.82) is 0 Å². The Morgan fingerprint density at radius 3 is 2.73 bits per heavy atom. The number of para-hydroxylation sites is 1. The zero-order chi connectivity index (χ0) is 18.3. The van der Waals surface area contributed by atoms with Crippen LogP contribution < -0.4 is 10.9 Å². The van der Waals surface area contributed by atoms with E-state index in [-0.39, 0.29) is 29.5 Å². The van der Waals surface area contributed by atoms with Gasteiger partial charge < -0.3 is 4.57 Å². The molecule has 1 saturated carbocycles. The van der Waals surface area contributed by atoms with Crippen LogP contribution in [0, 0.1) is 11.7 Å². The Hall–Kier alpha value is -3.15. The van der Waals surface area contributed by atoms with Crippen LogP contribution in [0.3, 0.4) is 0 Å². The molecule has 2 atom stereocenters. The maximum Gasteiger partial charge on any atom is 0.271 e. The number of rotatable bonds is 3. The summed E-state index contributed by atoms with van der Waals surface area (Å²) in [5.41, 5.74) is 7.23. The Morgan fingerprint density at radius 2 is 1.92 bits per heavy atom. The standard InChI is InChI=1S/C20H18FN3O2/c1-24-11-17(14-7-2-3-8-18(14)24)20(26)23-22-19(25)16-10-15(16)12-5-4-6-13(21)9-12/h2-9,11,15-16H,10H2,1H3,(H,22,25)(H,23,26)/t15-,16+/m0/s1. The van der Waals surface area contributed by atoms with Crippen LogP contribution in [-0.4, -0.2) is 16.4 Å². The Kier molecular flexibility index (Phi) is 3.95. The number of halogens is 1. The van der Waals surface area contributed by atoms with Crippen molar-refractivity contribution >= 4 is 22.7 Å². The predicted octanol–water partition coefficient (Wildman–Crippen LogP) is 2.88. The lowest BCUT2D eigenvalue weighted by molar-refractivity contribution is -0.123. The monoisotopic (exact) mass is 351 g/mol. The zero-order valence-corrected chi connectivity index (χ0v) is 14.2. The fourth-order valence-corrected chi connectivity index (χ4v) is 3.39. The molecule has 132 valence electrons. The van der Waals surface area contributed by atoms with Crippen molar-refractivity contribution in [3.05, 3.63) is 71.7 Å². The van der Waals surface area contributed by atoms with E-state index in [9.17, 15) is 14.0 Å². The molecule has 6 heteroatoms. The molecule has 2 amide bonds. The minimum atomic E-state index is -0.363. The summed E-state index contributed by atoms with van der Waals surface area (Å²) in [5, 5.41) is 0.825. The van der Waals surface area contributed by atoms with Gasteiger partial charge in [0.2, 0.25) is 5.91 Å². The molecule has 3 aromatic rings. The van der Waals surface area contributed by atoms with Gasteiger partial charge in [-0.25, -0.2) is 4.39 Å². The lowest BCUT2D eigenvalue weighted by Crippen LogP contribution is -2.42. The molecule has 1 heterocycles. The van der Waals surface area contributed by atoms with Crippen molar-refractivity contribution in [3.8, 4) is 0 Å². The largest absolute Gasteiger partial charge is 0.350 e. The third-order valence-corrected chi connectivity index (χ3v) is 4.84. The first-order chi connectivity index (χ1) is 12.5. The van der Waals surface area contributed by atoms with Gasteiger partial charge in [0.1, 0.15) is 5.82 Å². The second-order valence-electron chi connectivity index (χ2n) is 6.62. The quantitative estimate of drug-likeness (QED) is 0.713. The molecule has 26 heavy (non-hydrogen) atoms. The maximum absolute atomic E-state index is 13.3. The first-order valence-electron chi connectivity index (χ1n) is 8.44. The Morgan fingerprint density at radius 1 is 1.12 bits per heavy atom. The number of carbonyl (C=O) groups is 2. The summed E-state index contributed by atoms with van der Waals surface area (Å²) in [6.45, 7) is 0. The molecule has 0 radical (unpaired) electrons. The number of carbonyl (C=O) groups excluding carboxylic acids is 2. The normalized spacial score (nSPS) is 18.5. The molecule has 0 aliphatic heterocycles. The SMILES string of the molecule is Cn1cc(C(=O)NNC(=O)[C@@H]2C[C@H]2c2cccc(F)c2)c2ccccc21. The molecule has 2 aromatic carbocycles. The number of fused-ring (bicyclic) bond motifs is 1. The Balaban J connectivity index is 1.40. The highest BCUT2D eigenvalue weighted by atomic mass is 19.1. The zero-order valence-electron chi connectivity index (χ0n) is 14.2. The third kappa shape index (κ3) is 2.94. The van der Waals surface area contributed by atoms with Gasteiger partial charge in [-0.3, -0.25) is 20.4 Å². The number of nitrogens with one attached hydrogen (secondary N) is 2. The van der Waals surface area contributed by atoms with Gasteiger partial charge in [0, 0.05) is 30.1 Å². The molecular formula is C20H18FN3O2. The first-order valence-corrected chi connectivity index (χ1v) is 8.44. The minimum Gasteiger partial charge on any atom is -0.350 e. The smallest absolute Gasteiger partial charge is 0.271 e. The molecule has 0 bridgehead atoms. The molecule has 0 unspecified atom stereocenters. The number of benzene rings is 2. The molecular weight excluding hydrogens is 333 g/mol. The van der Waals surface area contributed by atoms with Crippen LogP contribution in [0.5, 0.6) is 0 Å². The van der Waals surface area contributed by atoms with Crippen LogP contribution in [-0.2, 0) is 11.8 Å². The number of amides is 2. The molecule has 0 spiro atoms. The first kappa shape index (κ1) is 16.3. The fraction of sp³-hybridized carbons (Fsp3) is 0.200. The van der Waals surface area contributed by atoms with Crippen LogP contribution >= 0.6 is 0 Å². The molecule has 5 nitrogen and oxygen atoms in total. The van der Waals surface area contributed by atoms with Gasteiger partial charge >= 0.3 is 0 Å². The number of hydrazine groups is 1. The van der Waals surface area contributed by atoms with Gasteiger partial charge in [-0.05, 0) is 36.1 Å². The van der Waals surface area contributed by atoms with Crippen molar-refractivity contribution in [2.75, 3.05) is 0 Å². The fourth-order valence-electron chi connectivity index (χ4n) is 3.39. The van der Waals surface area contributed by atoms with Crippen LogP contribution in [0.1, 0.15) is 28.3 Å². The topological polar surface area (TPSA) is 63.1 Å². The highest BCUT2D eigenvalue weighted by Crippen LogP contribution is 2.47. The summed E-state index contributed by atoms with van der Waals surface area (Å²) < 4.78 is 15.2.